The molecule has 1 aliphatic rings. The fourth-order valence-electron chi connectivity index (χ4n) is 2.91. The van der Waals surface area contributed by atoms with Gasteiger partial charge in [0, 0.05) is 25.2 Å². The van der Waals surface area contributed by atoms with Crippen molar-refractivity contribution < 1.29 is 9.59 Å². The lowest BCUT2D eigenvalue weighted by Gasteiger charge is -2.29. The van der Waals surface area contributed by atoms with Crippen molar-refractivity contribution in [3.8, 4) is 0 Å². The molecule has 0 unspecified atom stereocenters. The molecule has 1 saturated heterocycles. The summed E-state index contributed by atoms with van der Waals surface area (Å²) in [6, 6.07) is 6.93. The molecule has 1 fully saturated rings. The van der Waals surface area contributed by atoms with Crippen LogP contribution in [0.25, 0.3) is 0 Å². The third-order valence-corrected chi connectivity index (χ3v) is 4.56. The molecule has 5 heteroatoms. The second-order valence-corrected chi connectivity index (χ2v) is 7.04. The number of carbonyl (C=O) groups is 2. The Balaban J connectivity index is 2.06. The number of carbonyl (C=O) groups excluding carboxylic acids is 2. The monoisotopic (exact) mass is 331 g/mol. The summed E-state index contributed by atoms with van der Waals surface area (Å²) in [5.74, 6) is -0.109. The SMILES string of the molecule is Cc1ccc(C(=O)N[C@@H](C(=O)N2CCCN(C)CC2)C(C)C)cc1. The minimum Gasteiger partial charge on any atom is -0.340 e. The van der Waals surface area contributed by atoms with Gasteiger partial charge in [0.2, 0.25) is 5.91 Å². The molecule has 0 aliphatic carbocycles. The molecular weight excluding hydrogens is 302 g/mol. The second-order valence-electron chi connectivity index (χ2n) is 7.04. The molecular formula is C19H29N3O2. The number of nitrogens with one attached hydrogen (secondary N) is 1. The zero-order valence-corrected chi connectivity index (χ0v) is 15.2. The highest BCUT2D eigenvalue weighted by Crippen LogP contribution is 2.11. The lowest BCUT2D eigenvalue weighted by Crippen LogP contribution is -2.52. The van der Waals surface area contributed by atoms with E-state index in [-0.39, 0.29) is 17.7 Å². The first-order chi connectivity index (χ1) is 11.4. The van der Waals surface area contributed by atoms with E-state index in [4.69, 9.17) is 0 Å². The van der Waals surface area contributed by atoms with Crippen molar-refractivity contribution >= 4 is 11.8 Å². The molecule has 0 radical (unpaired) electrons. The van der Waals surface area contributed by atoms with Crippen LogP contribution in [0.3, 0.4) is 0 Å². The zero-order valence-electron chi connectivity index (χ0n) is 15.2. The van der Waals surface area contributed by atoms with E-state index in [2.05, 4.69) is 17.3 Å². The Morgan fingerprint density at radius 1 is 1.04 bits per heavy atom. The van der Waals surface area contributed by atoms with E-state index < -0.39 is 6.04 Å². The van der Waals surface area contributed by atoms with Crippen molar-refractivity contribution in [2.45, 2.75) is 33.2 Å². The smallest absolute Gasteiger partial charge is 0.251 e. The maximum Gasteiger partial charge on any atom is 0.251 e. The summed E-state index contributed by atoms with van der Waals surface area (Å²) in [7, 11) is 2.08. The van der Waals surface area contributed by atoms with E-state index in [1.54, 1.807) is 12.1 Å². The summed E-state index contributed by atoms with van der Waals surface area (Å²) >= 11 is 0. The van der Waals surface area contributed by atoms with Crippen molar-refractivity contribution in [2.24, 2.45) is 5.92 Å². The first kappa shape index (κ1) is 18.5. The van der Waals surface area contributed by atoms with E-state index in [1.807, 2.05) is 37.8 Å². The summed E-state index contributed by atoms with van der Waals surface area (Å²) in [5, 5.41) is 2.94. The molecule has 5 nitrogen and oxygen atoms in total. The zero-order chi connectivity index (χ0) is 17.7. The van der Waals surface area contributed by atoms with Gasteiger partial charge < -0.3 is 15.1 Å². The lowest BCUT2D eigenvalue weighted by molar-refractivity contribution is -0.134. The normalized spacial score (nSPS) is 17.5. The summed E-state index contributed by atoms with van der Waals surface area (Å²) < 4.78 is 0. The third-order valence-electron chi connectivity index (χ3n) is 4.56. The number of rotatable bonds is 4. The van der Waals surface area contributed by atoms with Crippen LogP contribution in [0.2, 0.25) is 0 Å². The van der Waals surface area contributed by atoms with E-state index in [0.717, 1.165) is 38.2 Å². The first-order valence-corrected chi connectivity index (χ1v) is 8.73. The first-order valence-electron chi connectivity index (χ1n) is 8.73. The highest BCUT2D eigenvalue weighted by molar-refractivity contribution is 5.97. The number of benzene rings is 1. The molecule has 1 heterocycles. The summed E-state index contributed by atoms with van der Waals surface area (Å²) in [4.78, 5) is 29.5. The average Bonchev–Trinajstić information content (AvgIpc) is 2.76. The number of amides is 2. The van der Waals surface area contributed by atoms with Gasteiger partial charge in [0.25, 0.3) is 5.91 Å². The molecule has 0 saturated carbocycles. The average molecular weight is 331 g/mol. The van der Waals surface area contributed by atoms with Crippen LogP contribution in [-0.2, 0) is 4.79 Å². The maximum atomic E-state index is 12.9. The standard InChI is InChI=1S/C19H29N3O2/c1-14(2)17(19(24)22-11-5-10-21(4)12-13-22)20-18(23)16-8-6-15(3)7-9-16/h6-9,14,17H,5,10-13H2,1-4H3,(H,20,23)/t17-/m1/s1. The molecule has 24 heavy (non-hydrogen) atoms. The lowest BCUT2D eigenvalue weighted by atomic mass is 10.0. The Morgan fingerprint density at radius 3 is 2.33 bits per heavy atom. The Morgan fingerprint density at radius 2 is 1.71 bits per heavy atom. The summed E-state index contributed by atoms with van der Waals surface area (Å²) in [5.41, 5.74) is 1.70. The van der Waals surface area contributed by atoms with Crippen molar-refractivity contribution in [3.63, 3.8) is 0 Å². The molecule has 1 aromatic rings. The Hall–Kier alpha value is -1.88. The van der Waals surface area contributed by atoms with Crippen molar-refractivity contribution in [1.82, 2.24) is 15.1 Å². The van der Waals surface area contributed by atoms with Gasteiger partial charge in [-0.3, -0.25) is 9.59 Å². The molecule has 1 atom stereocenters. The molecule has 0 spiro atoms. The van der Waals surface area contributed by atoms with Crippen LogP contribution < -0.4 is 5.32 Å². The van der Waals surface area contributed by atoms with Gasteiger partial charge in [0.05, 0.1) is 0 Å². The minimum atomic E-state index is -0.484. The molecule has 1 N–H and O–H groups in total. The molecule has 2 amide bonds. The Kier molecular flexibility index (Phi) is 6.37. The summed E-state index contributed by atoms with van der Waals surface area (Å²) in [6.07, 6.45) is 0.971. The number of likely N-dealkylation sites (N-methyl/N-ethyl adjacent to an activating group) is 1. The predicted octanol–water partition coefficient (Wildman–Crippen LogP) is 1.91. The van der Waals surface area contributed by atoms with Crippen molar-refractivity contribution in [2.75, 3.05) is 33.2 Å². The molecule has 1 aromatic carbocycles. The van der Waals surface area contributed by atoms with Gasteiger partial charge in [-0.05, 0) is 45.0 Å². The number of nitrogens with zero attached hydrogens (tertiary/aromatic N) is 2. The van der Waals surface area contributed by atoms with Gasteiger partial charge in [0.15, 0.2) is 0 Å². The molecule has 0 aromatic heterocycles. The summed E-state index contributed by atoms with van der Waals surface area (Å²) in [6.45, 7) is 9.29. The minimum absolute atomic E-state index is 0.0285. The number of hydrogen-bond donors (Lipinski definition) is 1. The highest BCUT2D eigenvalue weighted by Gasteiger charge is 2.29. The largest absolute Gasteiger partial charge is 0.340 e. The second kappa shape index (κ2) is 8.29. The van der Waals surface area contributed by atoms with Crippen LogP contribution in [0, 0.1) is 12.8 Å². The van der Waals surface area contributed by atoms with E-state index in [9.17, 15) is 9.59 Å². The van der Waals surface area contributed by atoms with E-state index >= 15 is 0 Å². The number of hydrogen-bond acceptors (Lipinski definition) is 3. The van der Waals surface area contributed by atoms with Crippen molar-refractivity contribution in [3.05, 3.63) is 35.4 Å². The van der Waals surface area contributed by atoms with Crippen LogP contribution >= 0.6 is 0 Å². The fraction of sp³-hybridized carbons (Fsp3) is 0.579. The molecule has 0 bridgehead atoms. The van der Waals surface area contributed by atoms with Crippen LogP contribution in [-0.4, -0.2) is 60.9 Å². The number of aryl methyl sites for hydroxylation is 1. The van der Waals surface area contributed by atoms with Gasteiger partial charge in [-0.25, -0.2) is 0 Å². The highest BCUT2D eigenvalue weighted by atomic mass is 16.2. The Bertz CT molecular complexity index is 568. The van der Waals surface area contributed by atoms with E-state index in [1.165, 1.54) is 0 Å². The van der Waals surface area contributed by atoms with E-state index in [0.29, 0.717) is 5.56 Å². The predicted molar refractivity (Wildman–Crippen MR) is 96.0 cm³/mol. The van der Waals surface area contributed by atoms with Crippen molar-refractivity contribution in [1.29, 1.82) is 0 Å². The molecule has 2 rings (SSSR count). The van der Waals surface area contributed by atoms with Crippen LogP contribution in [0.4, 0.5) is 0 Å². The van der Waals surface area contributed by atoms with Crippen LogP contribution in [0.15, 0.2) is 24.3 Å². The van der Waals surface area contributed by atoms with Gasteiger partial charge >= 0.3 is 0 Å². The van der Waals surface area contributed by atoms with Gasteiger partial charge in [-0.2, -0.15) is 0 Å². The quantitative estimate of drug-likeness (QED) is 0.917. The fourth-order valence-corrected chi connectivity index (χ4v) is 2.91. The molecule has 132 valence electrons. The Labute approximate surface area is 145 Å². The van der Waals surface area contributed by atoms with Crippen LogP contribution in [0.1, 0.15) is 36.2 Å². The van der Waals surface area contributed by atoms with Crippen LogP contribution in [0.5, 0.6) is 0 Å². The van der Waals surface area contributed by atoms with Gasteiger partial charge in [-0.1, -0.05) is 31.5 Å². The topological polar surface area (TPSA) is 52.7 Å². The van der Waals surface area contributed by atoms with Gasteiger partial charge in [-0.15, -0.1) is 0 Å². The maximum absolute atomic E-state index is 12.9. The third kappa shape index (κ3) is 4.81. The molecule has 1 aliphatic heterocycles. The van der Waals surface area contributed by atoms with Gasteiger partial charge in [0.1, 0.15) is 6.04 Å².